The van der Waals surface area contributed by atoms with E-state index in [0.717, 1.165) is 5.69 Å². The van der Waals surface area contributed by atoms with E-state index < -0.39 is 0 Å². The minimum atomic E-state index is 0.562. The average molecular weight is 249 g/mol. The van der Waals surface area contributed by atoms with Crippen molar-refractivity contribution >= 4 is 27.2 Å². The summed E-state index contributed by atoms with van der Waals surface area (Å²) >= 11 is 0. The van der Waals surface area contributed by atoms with Crippen LogP contribution in [-0.4, -0.2) is 7.05 Å². The maximum Gasteiger partial charge on any atom is 0.0344 e. The zero-order chi connectivity index (χ0) is 13.4. The Hall–Kier alpha value is -2.02. The van der Waals surface area contributed by atoms with Gasteiger partial charge >= 0.3 is 0 Å². The fraction of sp³-hybridized carbons (Fsp3) is 0.222. The molecule has 0 amide bonds. The Balaban J connectivity index is 2.38. The lowest BCUT2D eigenvalue weighted by Gasteiger charge is -2.10. The summed E-state index contributed by atoms with van der Waals surface area (Å²) in [5.74, 6) is 0.562. The van der Waals surface area contributed by atoms with E-state index in [9.17, 15) is 0 Å². The number of anilines is 1. The standard InChI is InChI=1S/C18H19N/c1-12(2)15-7-6-13-4-5-14-8-9-16(19-3)11-18(14)17(13)10-15/h4-12,19H,1-3H3. The van der Waals surface area contributed by atoms with Crippen LogP contribution >= 0.6 is 0 Å². The molecule has 0 aliphatic heterocycles. The molecule has 0 radical (unpaired) electrons. The van der Waals surface area contributed by atoms with E-state index in [4.69, 9.17) is 0 Å². The summed E-state index contributed by atoms with van der Waals surface area (Å²) < 4.78 is 0. The van der Waals surface area contributed by atoms with Gasteiger partial charge in [0.1, 0.15) is 0 Å². The largest absolute Gasteiger partial charge is 0.388 e. The number of rotatable bonds is 2. The molecule has 0 spiro atoms. The second-order valence-electron chi connectivity index (χ2n) is 5.39. The summed E-state index contributed by atoms with van der Waals surface area (Å²) in [6.45, 7) is 4.48. The van der Waals surface area contributed by atoms with Gasteiger partial charge in [0.2, 0.25) is 0 Å². The average Bonchev–Trinajstić information content (AvgIpc) is 2.45. The topological polar surface area (TPSA) is 12.0 Å². The van der Waals surface area contributed by atoms with Crippen molar-refractivity contribution in [3.05, 3.63) is 54.1 Å². The molecular formula is C18H19N. The molecule has 0 aliphatic rings. The van der Waals surface area contributed by atoms with E-state index in [2.05, 4.69) is 67.7 Å². The zero-order valence-corrected chi connectivity index (χ0v) is 11.7. The van der Waals surface area contributed by atoms with Gasteiger partial charge in [0.05, 0.1) is 0 Å². The molecule has 0 bridgehead atoms. The van der Waals surface area contributed by atoms with Crippen molar-refractivity contribution in [2.75, 3.05) is 12.4 Å². The molecule has 0 saturated carbocycles. The van der Waals surface area contributed by atoms with E-state index in [1.54, 1.807) is 0 Å². The maximum absolute atomic E-state index is 3.22. The first-order valence-electron chi connectivity index (χ1n) is 6.83. The highest BCUT2D eigenvalue weighted by Crippen LogP contribution is 2.30. The van der Waals surface area contributed by atoms with Gasteiger partial charge < -0.3 is 5.32 Å². The molecule has 1 N–H and O–H groups in total. The number of hydrogen-bond acceptors (Lipinski definition) is 1. The Bertz CT molecular complexity index is 741. The Morgan fingerprint density at radius 1 is 0.789 bits per heavy atom. The highest BCUT2D eigenvalue weighted by Gasteiger charge is 2.05. The van der Waals surface area contributed by atoms with E-state index in [-0.39, 0.29) is 0 Å². The normalized spacial score (nSPS) is 11.4. The zero-order valence-electron chi connectivity index (χ0n) is 11.7. The maximum atomic E-state index is 3.22. The number of fused-ring (bicyclic) bond motifs is 3. The molecule has 0 heterocycles. The van der Waals surface area contributed by atoms with Gasteiger partial charge in [0.25, 0.3) is 0 Å². The van der Waals surface area contributed by atoms with Gasteiger partial charge in [0, 0.05) is 12.7 Å². The predicted octanol–water partition coefficient (Wildman–Crippen LogP) is 5.16. The summed E-state index contributed by atoms with van der Waals surface area (Å²) in [5.41, 5.74) is 2.56. The molecule has 96 valence electrons. The van der Waals surface area contributed by atoms with Gasteiger partial charge in [-0.2, -0.15) is 0 Å². The third-order valence-electron chi connectivity index (χ3n) is 3.82. The summed E-state index contributed by atoms with van der Waals surface area (Å²) in [5, 5.41) is 8.50. The van der Waals surface area contributed by atoms with Gasteiger partial charge in [-0.1, -0.05) is 50.2 Å². The van der Waals surface area contributed by atoms with Crippen LogP contribution in [0, 0.1) is 0 Å². The number of nitrogens with one attached hydrogen (secondary N) is 1. The van der Waals surface area contributed by atoms with Gasteiger partial charge in [0.15, 0.2) is 0 Å². The van der Waals surface area contributed by atoms with Crippen molar-refractivity contribution in [2.24, 2.45) is 0 Å². The molecule has 0 atom stereocenters. The quantitative estimate of drug-likeness (QED) is 0.619. The van der Waals surface area contributed by atoms with Crippen LogP contribution in [0.2, 0.25) is 0 Å². The second-order valence-corrected chi connectivity index (χ2v) is 5.39. The molecule has 0 aromatic heterocycles. The Morgan fingerprint density at radius 3 is 2.00 bits per heavy atom. The molecule has 1 nitrogen and oxygen atoms in total. The van der Waals surface area contributed by atoms with E-state index in [1.165, 1.54) is 27.1 Å². The molecule has 1 heteroatoms. The van der Waals surface area contributed by atoms with Crippen LogP contribution in [0.3, 0.4) is 0 Å². The Kier molecular flexibility index (Phi) is 2.90. The monoisotopic (exact) mass is 249 g/mol. The van der Waals surface area contributed by atoms with Crippen molar-refractivity contribution < 1.29 is 0 Å². The lowest BCUT2D eigenvalue weighted by atomic mass is 9.95. The van der Waals surface area contributed by atoms with Gasteiger partial charge in [-0.05, 0) is 45.2 Å². The van der Waals surface area contributed by atoms with Gasteiger partial charge in [-0.25, -0.2) is 0 Å². The Labute approximate surface area is 114 Å². The minimum Gasteiger partial charge on any atom is -0.388 e. The van der Waals surface area contributed by atoms with E-state index in [1.807, 2.05) is 7.05 Å². The van der Waals surface area contributed by atoms with Crippen LogP contribution in [-0.2, 0) is 0 Å². The molecule has 0 aliphatic carbocycles. The van der Waals surface area contributed by atoms with Crippen LogP contribution in [0.5, 0.6) is 0 Å². The molecule has 3 rings (SSSR count). The lowest BCUT2D eigenvalue weighted by Crippen LogP contribution is -1.89. The van der Waals surface area contributed by atoms with Crippen LogP contribution in [0.15, 0.2) is 48.5 Å². The number of benzene rings is 3. The lowest BCUT2D eigenvalue weighted by molar-refractivity contribution is 0.869. The van der Waals surface area contributed by atoms with Crippen molar-refractivity contribution in [1.29, 1.82) is 0 Å². The van der Waals surface area contributed by atoms with Crippen molar-refractivity contribution in [1.82, 2.24) is 0 Å². The van der Waals surface area contributed by atoms with Crippen LogP contribution < -0.4 is 5.32 Å². The fourth-order valence-corrected chi connectivity index (χ4v) is 2.58. The summed E-state index contributed by atoms with van der Waals surface area (Å²) in [7, 11) is 1.96. The molecule has 3 aromatic carbocycles. The van der Waals surface area contributed by atoms with Crippen molar-refractivity contribution in [2.45, 2.75) is 19.8 Å². The van der Waals surface area contributed by atoms with E-state index in [0.29, 0.717) is 5.92 Å². The smallest absolute Gasteiger partial charge is 0.0344 e. The van der Waals surface area contributed by atoms with Gasteiger partial charge in [-0.15, -0.1) is 0 Å². The summed E-state index contributed by atoms with van der Waals surface area (Å²) in [4.78, 5) is 0. The molecule has 0 fully saturated rings. The van der Waals surface area contributed by atoms with Crippen LogP contribution in [0.1, 0.15) is 25.3 Å². The molecule has 19 heavy (non-hydrogen) atoms. The third kappa shape index (κ3) is 2.06. The summed E-state index contributed by atoms with van der Waals surface area (Å²) in [6, 6.07) is 17.8. The SMILES string of the molecule is CNc1ccc2ccc3ccc(C(C)C)cc3c2c1. The first-order chi connectivity index (χ1) is 9.19. The minimum absolute atomic E-state index is 0.562. The second kappa shape index (κ2) is 4.58. The van der Waals surface area contributed by atoms with Crippen LogP contribution in [0.25, 0.3) is 21.5 Å². The summed E-state index contributed by atoms with van der Waals surface area (Å²) in [6.07, 6.45) is 0. The highest BCUT2D eigenvalue weighted by molar-refractivity contribution is 6.08. The van der Waals surface area contributed by atoms with Crippen molar-refractivity contribution in [3.63, 3.8) is 0 Å². The first kappa shape index (κ1) is 12.0. The van der Waals surface area contributed by atoms with Gasteiger partial charge in [-0.3, -0.25) is 0 Å². The predicted molar refractivity (Wildman–Crippen MR) is 85.1 cm³/mol. The van der Waals surface area contributed by atoms with Crippen LogP contribution in [0.4, 0.5) is 5.69 Å². The van der Waals surface area contributed by atoms with Crippen molar-refractivity contribution in [3.8, 4) is 0 Å². The molecule has 0 saturated heterocycles. The molecular weight excluding hydrogens is 230 g/mol. The number of hydrogen-bond donors (Lipinski definition) is 1. The molecule has 0 unspecified atom stereocenters. The first-order valence-corrected chi connectivity index (χ1v) is 6.83. The molecule has 3 aromatic rings. The fourth-order valence-electron chi connectivity index (χ4n) is 2.58. The Morgan fingerprint density at radius 2 is 1.37 bits per heavy atom. The van der Waals surface area contributed by atoms with E-state index >= 15 is 0 Å². The highest BCUT2D eigenvalue weighted by atomic mass is 14.8. The third-order valence-corrected chi connectivity index (χ3v) is 3.82.